The molecule has 57 heavy (non-hydrogen) atoms. The summed E-state index contributed by atoms with van der Waals surface area (Å²) in [6.45, 7) is 1.96. The van der Waals surface area contributed by atoms with Gasteiger partial charge in [-0.25, -0.2) is 32.2 Å². The normalized spacial score (nSPS) is 15.5. The average Bonchev–Trinajstić information content (AvgIpc) is 3.73. The number of halogens is 2. The Hall–Kier alpha value is -6.49. The van der Waals surface area contributed by atoms with Gasteiger partial charge in [0.2, 0.25) is 21.8 Å². The van der Waals surface area contributed by atoms with Crippen LogP contribution in [0.2, 0.25) is 0 Å². The van der Waals surface area contributed by atoms with Crippen LogP contribution in [0.5, 0.6) is 0 Å². The van der Waals surface area contributed by atoms with Crippen molar-refractivity contribution in [1.29, 1.82) is 0 Å². The largest absolute Gasteiger partial charge is 0.329 e. The molecule has 1 saturated heterocycles. The number of nitrogens with one attached hydrogen (secondary N) is 2. The molecule has 13 nitrogen and oxygen atoms in total. The quantitative estimate of drug-likeness (QED) is 0.146. The Morgan fingerprint density at radius 1 is 0.965 bits per heavy atom. The number of anilines is 3. The average molecular weight is 788 g/mol. The Balaban J connectivity index is 1.06. The number of hydrogen-bond donors (Lipinski definition) is 2. The van der Waals surface area contributed by atoms with Gasteiger partial charge in [-0.1, -0.05) is 42.1 Å². The highest BCUT2D eigenvalue weighted by molar-refractivity contribution is 7.92. The van der Waals surface area contributed by atoms with Gasteiger partial charge in [-0.2, -0.15) is 0 Å². The minimum absolute atomic E-state index is 0.190. The van der Waals surface area contributed by atoms with Crippen molar-refractivity contribution >= 4 is 74.2 Å². The van der Waals surface area contributed by atoms with Crippen LogP contribution in [0, 0.1) is 11.6 Å². The first kappa shape index (κ1) is 37.4. The molecular formula is C40H34BF2N8O5S. The molecule has 0 bridgehead atoms. The minimum atomic E-state index is -3.86. The SMILES string of the molecule is CCCS(=O)(=O)Nc1ccc(F)c(-n2cc(-c3cncnc3)c3nc(N(C)c4ccc([B]c5ccc6c(c5)CN(C5CCC(=O)NC5=O)C6=O)cc4)ccc32)c1F. The Bertz CT molecular complexity index is 2700. The van der Waals surface area contributed by atoms with Gasteiger partial charge >= 0.3 is 0 Å². The van der Waals surface area contributed by atoms with Crippen molar-refractivity contribution in [3.05, 3.63) is 114 Å². The summed E-state index contributed by atoms with van der Waals surface area (Å²) < 4.78 is 60.0. The summed E-state index contributed by atoms with van der Waals surface area (Å²) in [4.78, 5) is 53.7. The summed E-state index contributed by atoms with van der Waals surface area (Å²) in [6.07, 6.45) is 6.82. The second-order valence-corrected chi connectivity index (χ2v) is 15.7. The molecular weight excluding hydrogens is 753 g/mol. The molecule has 17 heteroatoms. The van der Waals surface area contributed by atoms with E-state index in [0.29, 0.717) is 46.4 Å². The first-order chi connectivity index (χ1) is 27.4. The Morgan fingerprint density at radius 2 is 1.72 bits per heavy atom. The van der Waals surface area contributed by atoms with Crippen molar-refractivity contribution in [2.75, 3.05) is 22.4 Å². The van der Waals surface area contributed by atoms with Crippen molar-refractivity contribution in [3.63, 3.8) is 0 Å². The molecule has 2 aliphatic rings. The molecule has 287 valence electrons. The van der Waals surface area contributed by atoms with E-state index < -0.39 is 39.3 Å². The number of piperidine rings is 1. The lowest BCUT2D eigenvalue weighted by molar-refractivity contribution is -0.136. The van der Waals surface area contributed by atoms with Gasteiger partial charge in [0.1, 0.15) is 29.7 Å². The zero-order valence-electron chi connectivity index (χ0n) is 30.7. The van der Waals surface area contributed by atoms with Gasteiger partial charge in [0, 0.05) is 61.0 Å². The summed E-state index contributed by atoms with van der Waals surface area (Å²) in [6, 6.07) is 18.1. The lowest BCUT2D eigenvalue weighted by Crippen LogP contribution is -2.52. The van der Waals surface area contributed by atoms with Crippen LogP contribution < -0.4 is 25.9 Å². The third-order valence-electron chi connectivity index (χ3n) is 10.1. The zero-order chi connectivity index (χ0) is 40.0. The molecule has 1 atom stereocenters. The van der Waals surface area contributed by atoms with E-state index in [2.05, 4.69) is 20.0 Å². The monoisotopic (exact) mass is 787 g/mol. The maximum absolute atomic E-state index is 16.0. The molecule has 8 rings (SSSR count). The number of pyridine rings is 1. The van der Waals surface area contributed by atoms with Gasteiger partial charge in [0.25, 0.3) is 5.91 Å². The van der Waals surface area contributed by atoms with Crippen LogP contribution in [0.1, 0.15) is 42.1 Å². The number of benzene rings is 3. The third kappa shape index (κ3) is 7.21. The van der Waals surface area contributed by atoms with Gasteiger partial charge in [-0.15, -0.1) is 0 Å². The predicted octanol–water partition coefficient (Wildman–Crippen LogP) is 4.10. The van der Waals surface area contributed by atoms with Crippen molar-refractivity contribution in [2.24, 2.45) is 0 Å². The molecule has 3 amide bonds. The number of rotatable bonds is 11. The maximum atomic E-state index is 16.0. The number of carbonyl (C=O) groups excluding carboxylic acids is 3. The molecule has 2 aliphatic heterocycles. The Morgan fingerprint density at radius 3 is 2.46 bits per heavy atom. The van der Waals surface area contributed by atoms with E-state index in [9.17, 15) is 22.8 Å². The molecule has 0 spiro atoms. The highest BCUT2D eigenvalue weighted by atomic mass is 32.2. The molecule has 1 unspecified atom stereocenters. The van der Waals surface area contributed by atoms with E-state index in [4.69, 9.17) is 4.98 Å². The first-order valence-corrected chi connectivity index (χ1v) is 19.8. The summed E-state index contributed by atoms with van der Waals surface area (Å²) >= 11 is 0. The Labute approximate surface area is 327 Å². The van der Waals surface area contributed by atoms with Crippen molar-refractivity contribution in [2.45, 2.75) is 38.8 Å². The smallest absolute Gasteiger partial charge is 0.255 e. The zero-order valence-corrected chi connectivity index (χ0v) is 31.6. The van der Waals surface area contributed by atoms with Crippen molar-refractivity contribution in [3.8, 4) is 16.8 Å². The van der Waals surface area contributed by atoms with Crippen LogP contribution in [-0.2, 0) is 26.2 Å². The van der Waals surface area contributed by atoms with Crippen LogP contribution in [0.15, 0.2) is 91.6 Å². The fourth-order valence-corrected chi connectivity index (χ4v) is 8.38. The summed E-state index contributed by atoms with van der Waals surface area (Å²) in [5.74, 6) is -2.69. The van der Waals surface area contributed by atoms with Crippen LogP contribution in [-0.4, -0.2) is 76.7 Å². The van der Waals surface area contributed by atoms with Crippen LogP contribution in [0.3, 0.4) is 0 Å². The van der Waals surface area contributed by atoms with E-state index >= 15 is 8.78 Å². The number of hydrogen-bond acceptors (Lipinski definition) is 9. The first-order valence-electron chi connectivity index (χ1n) is 18.1. The minimum Gasteiger partial charge on any atom is -0.329 e. The van der Waals surface area contributed by atoms with Crippen molar-refractivity contribution < 1.29 is 31.6 Å². The summed E-state index contributed by atoms with van der Waals surface area (Å²) in [7, 11) is -0.0439. The number of sulfonamides is 1. The number of aromatic nitrogens is 4. The molecule has 6 aromatic rings. The molecule has 3 aromatic heterocycles. The summed E-state index contributed by atoms with van der Waals surface area (Å²) in [5, 5.41) is 2.33. The molecule has 0 aliphatic carbocycles. The van der Waals surface area contributed by atoms with Gasteiger partial charge in [0.05, 0.1) is 22.5 Å². The maximum Gasteiger partial charge on any atom is 0.255 e. The highest BCUT2D eigenvalue weighted by Crippen LogP contribution is 2.36. The fourth-order valence-electron chi connectivity index (χ4n) is 7.25. The van der Waals surface area contributed by atoms with Crippen molar-refractivity contribution in [1.82, 2.24) is 29.7 Å². The third-order valence-corrected chi connectivity index (χ3v) is 11.5. The van der Waals surface area contributed by atoms with E-state index in [1.54, 1.807) is 37.5 Å². The van der Waals surface area contributed by atoms with E-state index in [0.717, 1.165) is 34.3 Å². The molecule has 1 radical (unpaired) electrons. The van der Waals surface area contributed by atoms with E-state index in [1.807, 2.05) is 55.6 Å². The Kier molecular flexibility index (Phi) is 9.77. The number of fused-ring (bicyclic) bond motifs is 2. The highest BCUT2D eigenvalue weighted by Gasteiger charge is 2.39. The fraction of sp³-hybridized carbons (Fsp3) is 0.200. The molecule has 3 aromatic carbocycles. The number of amides is 3. The number of carbonyl (C=O) groups is 3. The van der Waals surface area contributed by atoms with E-state index in [1.165, 1.54) is 22.0 Å². The second-order valence-electron chi connectivity index (χ2n) is 13.9. The summed E-state index contributed by atoms with van der Waals surface area (Å²) in [5.41, 5.74) is 4.87. The van der Waals surface area contributed by atoms with Gasteiger partial charge in [-0.05, 0) is 60.9 Å². The van der Waals surface area contributed by atoms with Gasteiger partial charge in [0.15, 0.2) is 13.1 Å². The molecule has 0 saturated carbocycles. The lowest BCUT2D eigenvalue weighted by atomic mass is 9.63. The van der Waals surface area contributed by atoms with Crippen LogP contribution in [0.4, 0.5) is 26.0 Å². The van der Waals surface area contributed by atoms with Gasteiger partial charge in [-0.3, -0.25) is 24.4 Å². The number of imide groups is 1. The topological polar surface area (TPSA) is 159 Å². The van der Waals surface area contributed by atoms with Crippen LogP contribution >= 0.6 is 0 Å². The standard InChI is InChI=1S/C40H34BF2N8O5S/c1-3-16-57(55,56)48-31-11-10-30(42)38(36(31)43)50-21-29(24-18-44-22-45-19-24)37-32(50)12-14-34(46-37)49(2)27-7-4-25(5-8-27)41-26-6-9-28-23(17-26)20-51(40(28)54)33-13-15-35(52)47-39(33)53/h4-12,14,17-19,21-22,33,48H,3,13,15-16,20H2,1-2H3,(H,47,52,53). The number of nitrogens with zero attached hydrogens (tertiary/aromatic N) is 6. The predicted molar refractivity (Wildman–Crippen MR) is 212 cm³/mol. The van der Waals surface area contributed by atoms with E-state index in [-0.39, 0.29) is 36.2 Å². The second kappa shape index (κ2) is 14.9. The molecule has 2 N–H and O–H groups in total. The van der Waals surface area contributed by atoms with Crippen LogP contribution in [0.25, 0.3) is 27.8 Å². The molecule has 5 heterocycles. The lowest BCUT2D eigenvalue weighted by Gasteiger charge is -2.29. The van der Waals surface area contributed by atoms with Gasteiger partial charge < -0.3 is 14.4 Å². The molecule has 1 fully saturated rings.